The van der Waals surface area contributed by atoms with E-state index < -0.39 is 19.9 Å². The Hall–Kier alpha value is -1.98. The molecule has 226 valence electrons. The zero-order valence-corrected chi connectivity index (χ0v) is 26.6. The van der Waals surface area contributed by atoms with E-state index >= 15 is 0 Å². The molecule has 0 atom stereocenters. The molecule has 0 unspecified atom stereocenters. The highest BCUT2D eigenvalue weighted by atomic mass is 35.5. The number of sulfonamides is 1. The van der Waals surface area contributed by atoms with Crippen LogP contribution in [0.5, 0.6) is 0 Å². The van der Waals surface area contributed by atoms with Gasteiger partial charge in [0.2, 0.25) is 15.9 Å². The number of halogens is 1. The van der Waals surface area contributed by atoms with Crippen LogP contribution in [0.4, 0.5) is 5.69 Å². The van der Waals surface area contributed by atoms with Crippen LogP contribution >= 0.6 is 11.6 Å². The summed E-state index contributed by atoms with van der Waals surface area (Å²) in [7, 11) is -6.43. The van der Waals surface area contributed by atoms with E-state index in [2.05, 4.69) is 4.90 Å². The van der Waals surface area contributed by atoms with Crippen molar-refractivity contribution < 1.29 is 21.6 Å². The third kappa shape index (κ3) is 8.76. The molecule has 1 amide bonds. The number of likely N-dealkylation sites (tertiary alicyclic amines) is 1. The Balaban J connectivity index is 1.30. The van der Waals surface area contributed by atoms with Gasteiger partial charge in [0.05, 0.1) is 11.2 Å². The third-order valence-electron chi connectivity index (χ3n) is 8.44. The van der Waals surface area contributed by atoms with Crippen LogP contribution in [0.15, 0.2) is 47.4 Å². The van der Waals surface area contributed by atoms with Crippen molar-refractivity contribution in [1.82, 2.24) is 9.21 Å². The SMILES string of the molecule is Cc1ccc(N(CCCN2CCC(Cc3ccc(S(C)(=O)=O)cc3)CC2)C(=O)C2CCN(S(C)(=O)=O)CC2)cc1Cl. The van der Waals surface area contributed by atoms with E-state index in [4.69, 9.17) is 11.6 Å². The highest BCUT2D eigenvalue weighted by molar-refractivity contribution is 7.90. The first-order valence-corrected chi connectivity index (χ1v) is 18.5. The minimum Gasteiger partial charge on any atom is -0.312 e. The summed E-state index contributed by atoms with van der Waals surface area (Å²) >= 11 is 6.43. The predicted molar refractivity (Wildman–Crippen MR) is 165 cm³/mol. The molecule has 8 nitrogen and oxygen atoms in total. The molecule has 0 spiro atoms. The lowest BCUT2D eigenvalue weighted by Crippen LogP contribution is -2.45. The number of aryl methyl sites for hydroxylation is 1. The molecule has 2 aliphatic rings. The molecule has 2 aromatic rings. The maximum Gasteiger partial charge on any atom is 0.230 e. The summed E-state index contributed by atoms with van der Waals surface area (Å²) in [5.41, 5.74) is 2.92. The lowest BCUT2D eigenvalue weighted by atomic mass is 9.90. The number of hydrogen-bond donors (Lipinski definition) is 0. The molecule has 2 heterocycles. The van der Waals surface area contributed by atoms with Crippen molar-refractivity contribution in [2.24, 2.45) is 11.8 Å². The van der Waals surface area contributed by atoms with Crippen molar-refractivity contribution >= 4 is 43.1 Å². The first-order valence-electron chi connectivity index (χ1n) is 14.4. The molecule has 0 radical (unpaired) electrons. The van der Waals surface area contributed by atoms with E-state index in [-0.39, 0.29) is 11.8 Å². The van der Waals surface area contributed by atoms with E-state index in [1.54, 1.807) is 12.1 Å². The van der Waals surface area contributed by atoms with Gasteiger partial charge in [0.15, 0.2) is 9.84 Å². The summed E-state index contributed by atoms with van der Waals surface area (Å²) in [6.45, 7) is 6.15. The molecule has 0 saturated carbocycles. The fourth-order valence-corrected chi connectivity index (χ4v) is 7.52. The van der Waals surface area contributed by atoms with Gasteiger partial charge in [-0.05, 0) is 106 Å². The molecule has 41 heavy (non-hydrogen) atoms. The Morgan fingerprint density at radius 1 is 0.927 bits per heavy atom. The van der Waals surface area contributed by atoms with E-state index in [0.717, 1.165) is 56.6 Å². The summed E-state index contributed by atoms with van der Waals surface area (Å²) in [5, 5.41) is 0.625. The van der Waals surface area contributed by atoms with E-state index in [1.807, 2.05) is 42.2 Å². The number of piperidine rings is 2. The topological polar surface area (TPSA) is 95.1 Å². The molecule has 0 N–H and O–H groups in total. The smallest absolute Gasteiger partial charge is 0.230 e. The number of hydrogen-bond acceptors (Lipinski definition) is 6. The number of benzene rings is 2. The summed E-state index contributed by atoms with van der Waals surface area (Å²) < 4.78 is 48.7. The van der Waals surface area contributed by atoms with E-state index in [9.17, 15) is 21.6 Å². The van der Waals surface area contributed by atoms with Crippen LogP contribution in [-0.2, 0) is 31.1 Å². The Bertz CT molecular complexity index is 1410. The van der Waals surface area contributed by atoms with Crippen molar-refractivity contribution in [3.05, 3.63) is 58.6 Å². The summed E-state index contributed by atoms with van der Waals surface area (Å²) in [4.78, 5) is 18.4. The van der Waals surface area contributed by atoms with E-state index in [0.29, 0.717) is 48.3 Å². The first kappa shape index (κ1) is 31.9. The third-order valence-corrected chi connectivity index (χ3v) is 11.3. The molecule has 2 aliphatic heterocycles. The van der Waals surface area contributed by atoms with Gasteiger partial charge in [0.1, 0.15) is 0 Å². The second kappa shape index (κ2) is 13.5. The Morgan fingerprint density at radius 2 is 1.56 bits per heavy atom. The van der Waals surface area contributed by atoms with Gasteiger partial charge in [0.25, 0.3) is 0 Å². The molecule has 2 saturated heterocycles. The van der Waals surface area contributed by atoms with E-state index in [1.165, 1.54) is 22.4 Å². The Kier molecular flexibility index (Phi) is 10.6. The molecular weight excluding hydrogens is 582 g/mol. The van der Waals surface area contributed by atoms with Gasteiger partial charge in [0, 0.05) is 42.5 Å². The fraction of sp³-hybridized carbons (Fsp3) is 0.567. The largest absolute Gasteiger partial charge is 0.312 e. The van der Waals surface area contributed by atoms with Crippen LogP contribution in [0, 0.1) is 18.8 Å². The van der Waals surface area contributed by atoms with Crippen LogP contribution < -0.4 is 4.90 Å². The van der Waals surface area contributed by atoms with Gasteiger partial charge in [-0.3, -0.25) is 4.79 Å². The molecule has 11 heteroatoms. The average molecular weight is 624 g/mol. The fourth-order valence-electron chi connectivity index (χ4n) is 5.84. The minimum absolute atomic E-state index is 0.0404. The van der Waals surface area contributed by atoms with Gasteiger partial charge in [-0.1, -0.05) is 29.8 Å². The van der Waals surface area contributed by atoms with Crippen molar-refractivity contribution in [3.63, 3.8) is 0 Å². The van der Waals surface area contributed by atoms with Crippen molar-refractivity contribution in [2.75, 3.05) is 56.7 Å². The molecule has 4 rings (SSSR count). The second-order valence-corrected chi connectivity index (χ2v) is 16.0. The van der Waals surface area contributed by atoms with Crippen molar-refractivity contribution in [1.29, 1.82) is 0 Å². The second-order valence-electron chi connectivity index (χ2n) is 11.6. The zero-order valence-electron chi connectivity index (χ0n) is 24.3. The maximum absolute atomic E-state index is 13.7. The minimum atomic E-state index is -3.25. The molecular formula is C30H42ClN3O5S2. The lowest BCUT2D eigenvalue weighted by molar-refractivity contribution is -0.123. The number of amides is 1. The van der Waals surface area contributed by atoms with Crippen LogP contribution in [-0.4, -0.2) is 83.7 Å². The molecule has 2 fully saturated rings. The average Bonchev–Trinajstić information content (AvgIpc) is 2.93. The number of carbonyl (C=O) groups excluding carboxylic acids is 1. The standard InChI is InChI=1S/C30H42ClN3O5S2/c1-23-5-8-27(22-29(23)31)34(30(35)26-13-19-33(20-14-26)41(3,38)39)16-4-15-32-17-11-25(12-18-32)21-24-6-9-28(10-7-24)40(2,36)37/h5-10,22,25-26H,4,11-21H2,1-3H3. The van der Waals surface area contributed by atoms with Gasteiger partial charge < -0.3 is 9.80 Å². The predicted octanol–water partition coefficient (Wildman–Crippen LogP) is 4.40. The van der Waals surface area contributed by atoms with Crippen molar-refractivity contribution in [3.8, 4) is 0 Å². The molecule has 2 aromatic carbocycles. The van der Waals surface area contributed by atoms with Gasteiger partial charge in [-0.15, -0.1) is 0 Å². The molecule has 0 aromatic heterocycles. The highest BCUT2D eigenvalue weighted by Gasteiger charge is 2.32. The number of carbonyl (C=O) groups is 1. The quantitative estimate of drug-likeness (QED) is 0.389. The van der Waals surface area contributed by atoms with Gasteiger partial charge >= 0.3 is 0 Å². The van der Waals surface area contributed by atoms with Crippen molar-refractivity contribution in [2.45, 2.75) is 50.3 Å². The van der Waals surface area contributed by atoms with Gasteiger partial charge in [-0.2, -0.15) is 0 Å². The zero-order chi connectivity index (χ0) is 29.8. The summed E-state index contributed by atoms with van der Waals surface area (Å²) in [6, 6.07) is 13.0. The Labute approximate surface area is 250 Å². The normalized spacial score (nSPS) is 18.4. The Morgan fingerprint density at radius 3 is 2.12 bits per heavy atom. The van der Waals surface area contributed by atoms with Crippen LogP contribution in [0.1, 0.15) is 43.2 Å². The number of nitrogens with zero attached hydrogens (tertiary/aromatic N) is 3. The number of sulfone groups is 1. The maximum atomic E-state index is 13.7. The summed E-state index contributed by atoms with van der Waals surface area (Å²) in [6.07, 6.45) is 7.44. The molecule has 0 bridgehead atoms. The summed E-state index contributed by atoms with van der Waals surface area (Å²) in [5.74, 6) is 0.398. The monoisotopic (exact) mass is 623 g/mol. The van der Waals surface area contributed by atoms with Gasteiger partial charge in [-0.25, -0.2) is 21.1 Å². The van der Waals surface area contributed by atoms with Crippen LogP contribution in [0.2, 0.25) is 5.02 Å². The highest BCUT2D eigenvalue weighted by Crippen LogP contribution is 2.28. The van der Waals surface area contributed by atoms with Crippen LogP contribution in [0.3, 0.4) is 0 Å². The lowest BCUT2D eigenvalue weighted by Gasteiger charge is -2.35. The number of rotatable bonds is 10. The number of anilines is 1. The molecule has 0 aliphatic carbocycles. The van der Waals surface area contributed by atoms with Crippen LogP contribution in [0.25, 0.3) is 0 Å². The first-order chi connectivity index (χ1) is 19.3.